The Hall–Kier alpha value is -2.13. The van der Waals surface area contributed by atoms with Crippen LogP contribution in [0.2, 0.25) is 0 Å². The molecule has 1 fully saturated rings. The standard InChI is InChI=1S/C17H24N4O4S/c1-12(2)10-18-17(22)13-4-3-9-21(11-13)26(23,24)16-6-5-15(25-16)14-7-8-19-20-14/h5-8,12-13H,3-4,9-11H2,1-2H3,(H,18,22)(H,19,20). The van der Waals surface area contributed by atoms with Gasteiger partial charge in [-0.25, -0.2) is 8.42 Å². The molecule has 3 rings (SSSR count). The lowest BCUT2D eigenvalue weighted by atomic mass is 9.98. The first-order chi connectivity index (χ1) is 12.4. The van der Waals surface area contributed by atoms with Crippen molar-refractivity contribution in [2.45, 2.75) is 31.8 Å². The molecular formula is C17H24N4O4S. The molecule has 9 heteroatoms. The van der Waals surface area contributed by atoms with E-state index in [2.05, 4.69) is 15.5 Å². The quantitative estimate of drug-likeness (QED) is 0.795. The van der Waals surface area contributed by atoms with Gasteiger partial charge in [-0.15, -0.1) is 0 Å². The molecule has 1 unspecified atom stereocenters. The zero-order valence-electron chi connectivity index (χ0n) is 14.9. The Balaban J connectivity index is 1.72. The summed E-state index contributed by atoms with van der Waals surface area (Å²) in [7, 11) is -3.78. The second-order valence-electron chi connectivity index (χ2n) is 6.93. The third-order valence-electron chi connectivity index (χ3n) is 4.38. The van der Waals surface area contributed by atoms with Gasteiger partial charge in [0.2, 0.25) is 11.0 Å². The number of aromatic nitrogens is 2. The minimum absolute atomic E-state index is 0.0869. The normalized spacial score (nSPS) is 19.0. The molecule has 1 atom stereocenters. The number of nitrogens with one attached hydrogen (secondary N) is 2. The highest BCUT2D eigenvalue weighted by molar-refractivity contribution is 7.89. The van der Waals surface area contributed by atoms with Crippen LogP contribution in [0.5, 0.6) is 0 Å². The van der Waals surface area contributed by atoms with Crippen LogP contribution in [0.4, 0.5) is 0 Å². The molecule has 2 N–H and O–H groups in total. The number of furan rings is 1. The van der Waals surface area contributed by atoms with Gasteiger partial charge in [0, 0.05) is 25.8 Å². The van der Waals surface area contributed by atoms with E-state index in [9.17, 15) is 13.2 Å². The molecule has 1 aliphatic heterocycles. The number of carbonyl (C=O) groups excluding carboxylic acids is 1. The fourth-order valence-corrected chi connectivity index (χ4v) is 4.38. The maximum absolute atomic E-state index is 12.9. The van der Waals surface area contributed by atoms with E-state index in [-0.39, 0.29) is 23.5 Å². The average molecular weight is 380 g/mol. The van der Waals surface area contributed by atoms with E-state index >= 15 is 0 Å². The Morgan fingerprint density at radius 2 is 2.23 bits per heavy atom. The molecule has 1 amide bonds. The Bertz CT molecular complexity index is 842. The topological polar surface area (TPSA) is 108 Å². The number of sulfonamides is 1. The Kier molecular flexibility index (Phi) is 5.47. The summed E-state index contributed by atoms with van der Waals surface area (Å²) in [6.45, 7) is 5.19. The van der Waals surface area contributed by atoms with Gasteiger partial charge in [0.1, 0.15) is 5.69 Å². The van der Waals surface area contributed by atoms with Crippen molar-refractivity contribution in [2.24, 2.45) is 11.8 Å². The fraction of sp³-hybridized carbons (Fsp3) is 0.529. The summed E-state index contributed by atoms with van der Waals surface area (Å²) < 4.78 is 32.6. The summed E-state index contributed by atoms with van der Waals surface area (Å²) >= 11 is 0. The number of H-pyrrole nitrogens is 1. The number of hydrogen-bond donors (Lipinski definition) is 2. The van der Waals surface area contributed by atoms with Gasteiger partial charge in [-0.05, 0) is 37.0 Å². The van der Waals surface area contributed by atoms with Crippen LogP contribution >= 0.6 is 0 Å². The van der Waals surface area contributed by atoms with Crippen molar-refractivity contribution in [3.8, 4) is 11.5 Å². The number of amides is 1. The second kappa shape index (κ2) is 7.63. The highest BCUT2D eigenvalue weighted by Gasteiger charge is 2.35. The van der Waals surface area contributed by atoms with Crippen molar-refractivity contribution in [3.63, 3.8) is 0 Å². The van der Waals surface area contributed by atoms with E-state index in [1.54, 1.807) is 18.3 Å². The van der Waals surface area contributed by atoms with Crippen molar-refractivity contribution in [2.75, 3.05) is 19.6 Å². The van der Waals surface area contributed by atoms with E-state index in [4.69, 9.17) is 4.42 Å². The third kappa shape index (κ3) is 3.99. The molecule has 2 aromatic rings. The Morgan fingerprint density at radius 3 is 2.92 bits per heavy atom. The van der Waals surface area contributed by atoms with Crippen molar-refractivity contribution >= 4 is 15.9 Å². The molecule has 0 spiro atoms. The van der Waals surface area contributed by atoms with Crippen LogP contribution in [-0.2, 0) is 14.8 Å². The number of piperidine rings is 1. The molecule has 0 saturated carbocycles. The predicted molar refractivity (Wildman–Crippen MR) is 95.6 cm³/mol. The monoisotopic (exact) mass is 380 g/mol. The lowest BCUT2D eigenvalue weighted by Crippen LogP contribution is -2.45. The highest BCUT2D eigenvalue weighted by Crippen LogP contribution is 2.28. The minimum Gasteiger partial charge on any atom is -0.442 e. The molecule has 1 saturated heterocycles. The molecule has 8 nitrogen and oxygen atoms in total. The van der Waals surface area contributed by atoms with Gasteiger partial charge in [-0.1, -0.05) is 13.8 Å². The van der Waals surface area contributed by atoms with E-state index in [0.29, 0.717) is 43.3 Å². The summed E-state index contributed by atoms with van der Waals surface area (Å²) in [5, 5.41) is 9.34. The Labute approximate surface area is 153 Å². The maximum atomic E-state index is 12.9. The van der Waals surface area contributed by atoms with E-state index in [1.165, 1.54) is 10.4 Å². The summed E-state index contributed by atoms with van der Waals surface area (Å²) in [5.74, 6) is 0.339. The van der Waals surface area contributed by atoms with Crippen LogP contribution < -0.4 is 5.32 Å². The number of nitrogens with zero attached hydrogens (tertiary/aromatic N) is 2. The van der Waals surface area contributed by atoms with Crippen LogP contribution in [0, 0.1) is 11.8 Å². The van der Waals surface area contributed by atoms with Gasteiger partial charge >= 0.3 is 0 Å². The van der Waals surface area contributed by atoms with E-state index < -0.39 is 10.0 Å². The van der Waals surface area contributed by atoms with Crippen molar-refractivity contribution < 1.29 is 17.6 Å². The van der Waals surface area contributed by atoms with E-state index in [0.717, 1.165) is 0 Å². The molecule has 142 valence electrons. The van der Waals surface area contributed by atoms with Crippen LogP contribution in [0.1, 0.15) is 26.7 Å². The summed E-state index contributed by atoms with van der Waals surface area (Å²) in [5.41, 5.74) is 0.607. The molecule has 26 heavy (non-hydrogen) atoms. The van der Waals surface area contributed by atoms with Crippen LogP contribution in [0.15, 0.2) is 33.9 Å². The molecular weight excluding hydrogens is 356 g/mol. The van der Waals surface area contributed by atoms with Gasteiger partial charge in [0.05, 0.1) is 5.92 Å². The zero-order valence-corrected chi connectivity index (χ0v) is 15.8. The van der Waals surface area contributed by atoms with Gasteiger partial charge in [0.15, 0.2) is 5.76 Å². The molecule has 0 radical (unpaired) electrons. The van der Waals surface area contributed by atoms with Crippen molar-refractivity contribution in [3.05, 3.63) is 24.4 Å². The molecule has 0 aliphatic carbocycles. The molecule has 3 heterocycles. The largest absolute Gasteiger partial charge is 0.442 e. The maximum Gasteiger partial charge on any atom is 0.276 e. The minimum atomic E-state index is -3.78. The first-order valence-electron chi connectivity index (χ1n) is 8.75. The summed E-state index contributed by atoms with van der Waals surface area (Å²) in [4.78, 5) is 12.3. The lowest BCUT2D eigenvalue weighted by molar-refractivity contribution is -0.126. The van der Waals surface area contributed by atoms with Crippen molar-refractivity contribution in [1.82, 2.24) is 19.8 Å². The number of hydrogen-bond acceptors (Lipinski definition) is 5. The van der Waals surface area contributed by atoms with Crippen LogP contribution in [0.3, 0.4) is 0 Å². The predicted octanol–water partition coefficient (Wildman–Crippen LogP) is 1.84. The first-order valence-corrected chi connectivity index (χ1v) is 10.2. The Morgan fingerprint density at radius 1 is 1.42 bits per heavy atom. The molecule has 0 aromatic carbocycles. The number of aromatic amines is 1. The van der Waals surface area contributed by atoms with Crippen LogP contribution in [0.25, 0.3) is 11.5 Å². The van der Waals surface area contributed by atoms with Crippen LogP contribution in [-0.4, -0.2) is 48.5 Å². The summed E-state index contributed by atoms with van der Waals surface area (Å²) in [6, 6.07) is 4.73. The third-order valence-corrected chi connectivity index (χ3v) is 6.12. The average Bonchev–Trinajstić information content (AvgIpc) is 3.30. The molecule has 0 bridgehead atoms. The van der Waals surface area contributed by atoms with Gasteiger partial charge < -0.3 is 9.73 Å². The smallest absolute Gasteiger partial charge is 0.276 e. The number of carbonyl (C=O) groups is 1. The van der Waals surface area contributed by atoms with Crippen molar-refractivity contribution in [1.29, 1.82) is 0 Å². The molecule has 1 aliphatic rings. The fourth-order valence-electron chi connectivity index (χ4n) is 2.95. The second-order valence-corrected chi connectivity index (χ2v) is 8.80. The lowest BCUT2D eigenvalue weighted by Gasteiger charge is -2.30. The first kappa shape index (κ1) is 18.7. The number of rotatable bonds is 6. The summed E-state index contributed by atoms with van der Waals surface area (Å²) in [6.07, 6.45) is 2.90. The van der Waals surface area contributed by atoms with E-state index in [1.807, 2.05) is 13.8 Å². The molecule has 2 aromatic heterocycles. The van der Waals surface area contributed by atoms with Gasteiger partial charge in [0.25, 0.3) is 10.0 Å². The SMILES string of the molecule is CC(C)CNC(=O)C1CCCN(S(=O)(=O)c2ccc(-c3ccn[nH]3)o2)C1. The zero-order chi connectivity index (χ0) is 18.7. The highest BCUT2D eigenvalue weighted by atomic mass is 32.2. The van der Waals surface area contributed by atoms with Gasteiger partial charge in [-0.3, -0.25) is 9.89 Å². The van der Waals surface area contributed by atoms with Gasteiger partial charge in [-0.2, -0.15) is 9.40 Å².